The number of piperazine rings is 1. The Morgan fingerprint density at radius 2 is 2.00 bits per heavy atom. The number of aryl methyl sites for hydroxylation is 1. The molecule has 9 nitrogen and oxygen atoms in total. The number of fused-ring (bicyclic) bond motifs is 1. The predicted molar refractivity (Wildman–Crippen MR) is 157 cm³/mol. The van der Waals surface area contributed by atoms with E-state index in [2.05, 4.69) is 16.5 Å². The van der Waals surface area contributed by atoms with Crippen LogP contribution in [0.1, 0.15) is 37.9 Å². The van der Waals surface area contributed by atoms with Crippen LogP contribution in [0.4, 0.5) is 10.2 Å². The van der Waals surface area contributed by atoms with E-state index in [-0.39, 0.29) is 45.5 Å². The second-order valence-electron chi connectivity index (χ2n) is 10.4. The molecule has 1 amide bonds. The molecular formula is C30H30ClFN6O3. The molecule has 1 aliphatic heterocycles. The normalized spacial score (nSPS) is 15.5. The van der Waals surface area contributed by atoms with Crippen molar-refractivity contribution < 1.29 is 14.3 Å². The first kappa shape index (κ1) is 28.2. The Morgan fingerprint density at radius 1 is 1.24 bits per heavy atom. The molecule has 0 spiro atoms. The Bertz CT molecular complexity index is 1730. The minimum Gasteiger partial charge on any atom is -0.507 e. The quantitative estimate of drug-likeness (QED) is 0.334. The Balaban J connectivity index is 1.82. The van der Waals surface area contributed by atoms with Crippen molar-refractivity contribution in [1.29, 1.82) is 0 Å². The van der Waals surface area contributed by atoms with Crippen molar-refractivity contribution in [3.8, 4) is 22.7 Å². The molecule has 1 aliphatic rings. The van der Waals surface area contributed by atoms with Crippen molar-refractivity contribution in [3.05, 3.63) is 81.8 Å². The average Bonchev–Trinajstić information content (AvgIpc) is 2.93. The van der Waals surface area contributed by atoms with Gasteiger partial charge in [0.1, 0.15) is 17.4 Å². The number of phenols is 1. The first-order valence-electron chi connectivity index (χ1n) is 13.3. The molecule has 3 aromatic heterocycles. The second kappa shape index (κ2) is 10.9. The number of amides is 1. The molecule has 0 unspecified atom stereocenters. The standard InChI is InChI=1S/C30H30ClFN6O3/c1-6-23(40)37-13-12-36(15-18(37)5)28-19-14-20(31)26(24-21(32)8-7-9-22(24)39)34-29(19)38(30(41)35-28)27-17(4)10-11-33-25(27)16(2)3/h6-11,14,16,18,39H,1,12-13,15H2,2-5H3/t18-/m0/s1. The van der Waals surface area contributed by atoms with Gasteiger partial charge in [-0.3, -0.25) is 9.78 Å². The Hall–Kier alpha value is -4.31. The van der Waals surface area contributed by atoms with Gasteiger partial charge in [0.25, 0.3) is 0 Å². The summed E-state index contributed by atoms with van der Waals surface area (Å²) < 4.78 is 16.4. The summed E-state index contributed by atoms with van der Waals surface area (Å²) >= 11 is 6.71. The van der Waals surface area contributed by atoms with E-state index < -0.39 is 11.5 Å². The molecule has 0 bridgehead atoms. The number of nitrogens with zero attached hydrogens (tertiary/aromatic N) is 6. The zero-order valence-electron chi connectivity index (χ0n) is 23.2. The second-order valence-corrected chi connectivity index (χ2v) is 10.8. The van der Waals surface area contributed by atoms with Crippen molar-refractivity contribution in [2.24, 2.45) is 0 Å². The number of hydrogen-bond acceptors (Lipinski definition) is 7. The van der Waals surface area contributed by atoms with E-state index in [1.165, 1.54) is 28.8 Å². The van der Waals surface area contributed by atoms with Crippen LogP contribution in [0.15, 0.2) is 54.0 Å². The van der Waals surface area contributed by atoms with Crippen molar-refractivity contribution >= 4 is 34.4 Å². The van der Waals surface area contributed by atoms with Crippen molar-refractivity contribution in [1.82, 2.24) is 24.4 Å². The first-order chi connectivity index (χ1) is 19.5. The lowest BCUT2D eigenvalue weighted by atomic mass is 10.0. The SMILES string of the molecule is C=CC(=O)N1CCN(c2nc(=O)n(-c3c(C)ccnc3C(C)C)c3nc(-c4c(O)cccc4F)c(Cl)cc23)C[C@@H]1C. The van der Waals surface area contributed by atoms with E-state index in [1.807, 2.05) is 32.6 Å². The maximum absolute atomic E-state index is 15.0. The molecule has 5 rings (SSSR count). The summed E-state index contributed by atoms with van der Waals surface area (Å²) in [5.41, 5.74) is 1.39. The van der Waals surface area contributed by atoms with Crippen LogP contribution in [0.5, 0.6) is 5.75 Å². The number of carbonyl (C=O) groups is 1. The summed E-state index contributed by atoms with van der Waals surface area (Å²) in [6.45, 7) is 12.5. The minimum atomic E-state index is -0.709. The maximum atomic E-state index is 15.0. The van der Waals surface area contributed by atoms with E-state index in [9.17, 15) is 14.7 Å². The fourth-order valence-corrected chi connectivity index (χ4v) is 5.60. The maximum Gasteiger partial charge on any atom is 0.355 e. The molecule has 0 aliphatic carbocycles. The van der Waals surface area contributed by atoms with Crippen LogP contribution in [0.2, 0.25) is 5.02 Å². The zero-order chi connectivity index (χ0) is 29.6. The van der Waals surface area contributed by atoms with E-state index in [4.69, 9.17) is 16.6 Å². The highest BCUT2D eigenvalue weighted by molar-refractivity contribution is 6.34. The van der Waals surface area contributed by atoms with E-state index in [0.29, 0.717) is 42.2 Å². The molecule has 212 valence electrons. The molecule has 4 aromatic rings. The van der Waals surface area contributed by atoms with E-state index >= 15 is 4.39 Å². The number of hydrogen-bond donors (Lipinski definition) is 1. The molecule has 11 heteroatoms. The third kappa shape index (κ3) is 4.93. The molecule has 1 atom stereocenters. The molecular weight excluding hydrogens is 547 g/mol. The summed E-state index contributed by atoms with van der Waals surface area (Å²) in [4.78, 5) is 43.7. The van der Waals surface area contributed by atoms with Crippen molar-refractivity contribution in [2.45, 2.75) is 39.7 Å². The third-order valence-corrected chi connectivity index (χ3v) is 7.63. The van der Waals surface area contributed by atoms with Gasteiger partial charge in [0.05, 0.1) is 33.0 Å². The number of aromatic nitrogens is 4. The number of aromatic hydroxyl groups is 1. The minimum absolute atomic E-state index is 0.0116. The molecule has 4 heterocycles. The molecule has 1 saturated heterocycles. The number of phenolic OH excluding ortho intramolecular Hbond substituents is 1. The van der Waals surface area contributed by atoms with Gasteiger partial charge < -0.3 is 14.9 Å². The van der Waals surface area contributed by atoms with Gasteiger partial charge in [-0.2, -0.15) is 4.98 Å². The van der Waals surface area contributed by atoms with Gasteiger partial charge >= 0.3 is 5.69 Å². The number of rotatable bonds is 5. The fourth-order valence-electron chi connectivity index (χ4n) is 5.35. The molecule has 1 aromatic carbocycles. The van der Waals surface area contributed by atoms with Gasteiger partial charge in [-0.1, -0.05) is 38.1 Å². The van der Waals surface area contributed by atoms with Crippen LogP contribution in [-0.4, -0.2) is 61.1 Å². The largest absolute Gasteiger partial charge is 0.507 e. The van der Waals surface area contributed by atoms with Crippen LogP contribution >= 0.6 is 11.6 Å². The van der Waals surface area contributed by atoms with Crippen LogP contribution < -0.4 is 10.6 Å². The van der Waals surface area contributed by atoms with Gasteiger partial charge in [0, 0.05) is 31.9 Å². The van der Waals surface area contributed by atoms with Crippen LogP contribution in [0.25, 0.3) is 28.0 Å². The molecule has 0 radical (unpaired) electrons. The first-order valence-corrected chi connectivity index (χ1v) is 13.7. The molecule has 0 saturated carbocycles. The van der Waals surface area contributed by atoms with Crippen molar-refractivity contribution in [2.75, 3.05) is 24.5 Å². The number of carbonyl (C=O) groups excluding carboxylic acids is 1. The van der Waals surface area contributed by atoms with Gasteiger partial charge in [-0.15, -0.1) is 0 Å². The Morgan fingerprint density at radius 3 is 2.66 bits per heavy atom. The molecule has 1 fully saturated rings. The topological polar surface area (TPSA) is 104 Å². The van der Waals surface area contributed by atoms with Gasteiger partial charge in [0.15, 0.2) is 5.65 Å². The number of pyridine rings is 2. The van der Waals surface area contributed by atoms with Gasteiger partial charge in [-0.25, -0.2) is 18.7 Å². The summed E-state index contributed by atoms with van der Waals surface area (Å²) in [6.07, 6.45) is 2.97. The van der Waals surface area contributed by atoms with E-state index in [0.717, 1.165) is 5.56 Å². The lowest BCUT2D eigenvalue weighted by molar-refractivity contribution is -0.128. The van der Waals surface area contributed by atoms with Gasteiger partial charge in [-0.05, 0) is 55.7 Å². The van der Waals surface area contributed by atoms with Crippen LogP contribution in [0, 0.1) is 12.7 Å². The smallest absolute Gasteiger partial charge is 0.355 e. The lowest BCUT2D eigenvalue weighted by Gasteiger charge is -2.40. The van der Waals surface area contributed by atoms with Crippen LogP contribution in [-0.2, 0) is 4.79 Å². The van der Waals surface area contributed by atoms with E-state index in [1.54, 1.807) is 23.2 Å². The van der Waals surface area contributed by atoms with Gasteiger partial charge in [0.2, 0.25) is 5.91 Å². The molecule has 41 heavy (non-hydrogen) atoms. The summed E-state index contributed by atoms with van der Waals surface area (Å²) in [6, 6.07) is 7.14. The number of anilines is 1. The summed E-state index contributed by atoms with van der Waals surface area (Å²) in [5.74, 6) is -0.897. The highest BCUT2D eigenvalue weighted by Gasteiger charge is 2.30. The molecule has 1 N–H and O–H groups in total. The summed E-state index contributed by atoms with van der Waals surface area (Å²) in [5, 5.41) is 11.1. The highest BCUT2D eigenvalue weighted by atomic mass is 35.5. The van der Waals surface area contributed by atoms with Crippen molar-refractivity contribution in [3.63, 3.8) is 0 Å². The summed E-state index contributed by atoms with van der Waals surface area (Å²) in [7, 11) is 0. The Labute approximate surface area is 241 Å². The Kier molecular flexibility index (Phi) is 7.52. The number of halogens is 2. The monoisotopic (exact) mass is 576 g/mol. The zero-order valence-corrected chi connectivity index (χ0v) is 24.0. The number of benzene rings is 1. The average molecular weight is 577 g/mol. The predicted octanol–water partition coefficient (Wildman–Crippen LogP) is 5.00. The fraction of sp³-hybridized carbons (Fsp3) is 0.300. The van der Waals surface area contributed by atoms with Crippen LogP contribution in [0.3, 0.4) is 0 Å². The lowest BCUT2D eigenvalue weighted by Crippen LogP contribution is -2.54. The highest BCUT2D eigenvalue weighted by Crippen LogP contribution is 2.39. The third-order valence-electron chi connectivity index (χ3n) is 7.34.